The summed E-state index contributed by atoms with van der Waals surface area (Å²) < 4.78 is 35.4. The van der Waals surface area contributed by atoms with Crippen molar-refractivity contribution in [1.29, 1.82) is 0 Å². The van der Waals surface area contributed by atoms with Crippen LogP contribution in [0.25, 0.3) is 28.5 Å². The van der Waals surface area contributed by atoms with Crippen LogP contribution < -0.4 is 10.0 Å². The Morgan fingerprint density at radius 1 is 1.06 bits per heavy atom. The maximum absolute atomic E-state index is 12.4. The van der Waals surface area contributed by atoms with Gasteiger partial charge in [-0.15, -0.1) is 0 Å². The first kappa shape index (κ1) is 23.0. The molecule has 5 rings (SSSR count). The second kappa shape index (κ2) is 9.49. The van der Waals surface area contributed by atoms with Gasteiger partial charge in [0.15, 0.2) is 0 Å². The molecule has 3 heterocycles. The van der Waals surface area contributed by atoms with Crippen LogP contribution in [0.1, 0.15) is 0 Å². The molecule has 5 aromatic rings. The topological polar surface area (TPSA) is 135 Å². The number of phenolic OH excluding ortho intramolecular Hbond substituents is 1. The number of nitrogens with zero attached hydrogens (tertiary/aromatic N) is 4. The molecule has 0 aliphatic rings. The fraction of sp³-hybridized carbons (Fsp3) is 0.0870. The summed E-state index contributed by atoms with van der Waals surface area (Å²) in [6.07, 6.45) is 4.86. The van der Waals surface area contributed by atoms with Crippen molar-refractivity contribution in [3.05, 3.63) is 77.7 Å². The number of anilines is 1. The van der Waals surface area contributed by atoms with Crippen LogP contribution in [0.5, 0.6) is 5.75 Å². The lowest BCUT2D eigenvalue weighted by Gasteiger charge is -2.09. The summed E-state index contributed by atoms with van der Waals surface area (Å²) in [4.78, 5) is 13.6. The van der Waals surface area contributed by atoms with E-state index >= 15 is 0 Å². The van der Waals surface area contributed by atoms with Crippen molar-refractivity contribution in [3.63, 3.8) is 0 Å². The van der Waals surface area contributed by atoms with Crippen LogP contribution in [0.2, 0.25) is 0 Å². The lowest BCUT2D eigenvalue weighted by Crippen LogP contribution is -2.29. The van der Waals surface area contributed by atoms with Crippen molar-refractivity contribution in [2.24, 2.45) is 0 Å². The molecule has 0 bridgehead atoms. The van der Waals surface area contributed by atoms with Gasteiger partial charge in [0.1, 0.15) is 23.4 Å². The molecular formula is C23H19BrN6O4S. The summed E-state index contributed by atoms with van der Waals surface area (Å²) in [5, 5.41) is 13.0. The van der Waals surface area contributed by atoms with Gasteiger partial charge >= 0.3 is 5.84 Å². The lowest BCUT2D eigenvalue weighted by molar-refractivity contribution is 0.475. The van der Waals surface area contributed by atoms with Gasteiger partial charge in [0.25, 0.3) is 0 Å². The summed E-state index contributed by atoms with van der Waals surface area (Å²) in [7, 11) is -3.63. The molecule has 12 heteroatoms. The molecule has 10 nitrogen and oxygen atoms in total. The van der Waals surface area contributed by atoms with E-state index in [9.17, 15) is 13.5 Å². The van der Waals surface area contributed by atoms with Crippen molar-refractivity contribution in [3.8, 4) is 28.4 Å². The summed E-state index contributed by atoms with van der Waals surface area (Å²) in [6, 6.07) is 14.9. The molecule has 0 atom stereocenters. The lowest BCUT2D eigenvalue weighted by atomic mass is 10.1. The van der Waals surface area contributed by atoms with E-state index in [0.717, 1.165) is 4.47 Å². The summed E-state index contributed by atoms with van der Waals surface area (Å²) in [6.45, 7) is 0.408. The molecule has 2 aromatic carbocycles. The number of halogens is 1. The Morgan fingerprint density at radius 3 is 2.69 bits per heavy atom. The Labute approximate surface area is 208 Å². The molecule has 0 saturated carbocycles. The van der Waals surface area contributed by atoms with Gasteiger partial charge in [-0.1, -0.05) is 28.1 Å². The fourth-order valence-corrected chi connectivity index (χ4v) is 4.81. The largest absolute Gasteiger partial charge is 0.508 e. The highest BCUT2D eigenvalue weighted by atomic mass is 79.9. The zero-order chi connectivity index (χ0) is 24.4. The maximum Gasteiger partial charge on any atom is 0.306 e. The van der Waals surface area contributed by atoms with Crippen molar-refractivity contribution >= 4 is 37.7 Å². The number of aromatic nitrogens is 4. The number of hydrogen-bond donors (Lipinski definition) is 3. The molecule has 0 fully saturated rings. The van der Waals surface area contributed by atoms with Crippen LogP contribution in [-0.2, 0) is 10.0 Å². The second-order valence-electron chi connectivity index (χ2n) is 7.46. The monoisotopic (exact) mass is 554 g/mol. The van der Waals surface area contributed by atoms with Crippen molar-refractivity contribution in [2.45, 2.75) is 4.90 Å². The van der Waals surface area contributed by atoms with Crippen molar-refractivity contribution < 1.29 is 17.9 Å². The maximum atomic E-state index is 12.4. The van der Waals surface area contributed by atoms with Crippen LogP contribution in [0.15, 0.2) is 87.0 Å². The first-order valence-corrected chi connectivity index (χ1v) is 12.8. The van der Waals surface area contributed by atoms with Gasteiger partial charge < -0.3 is 14.8 Å². The Bertz CT molecular complexity index is 1600. The van der Waals surface area contributed by atoms with Crippen LogP contribution in [0.3, 0.4) is 0 Å². The molecular weight excluding hydrogens is 536 g/mol. The van der Waals surface area contributed by atoms with Gasteiger partial charge in [-0.05, 0) is 42.5 Å². The minimum absolute atomic E-state index is 0.119. The third-order valence-corrected chi connectivity index (χ3v) is 7.11. The average Bonchev–Trinajstić information content (AvgIpc) is 3.44. The van der Waals surface area contributed by atoms with E-state index in [4.69, 9.17) is 4.42 Å². The van der Waals surface area contributed by atoms with E-state index in [-0.39, 0.29) is 23.7 Å². The first-order valence-electron chi connectivity index (χ1n) is 10.5. The van der Waals surface area contributed by atoms with Crippen molar-refractivity contribution in [2.75, 3.05) is 18.4 Å². The molecule has 0 unspecified atom stereocenters. The smallest absolute Gasteiger partial charge is 0.306 e. The van der Waals surface area contributed by atoms with E-state index < -0.39 is 10.0 Å². The summed E-state index contributed by atoms with van der Waals surface area (Å²) in [5.41, 5.74) is 2.53. The van der Waals surface area contributed by atoms with Gasteiger partial charge in [0.05, 0.1) is 10.6 Å². The van der Waals surface area contributed by atoms with Gasteiger partial charge in [-0.3, -0.25) is 4.40 Å². The number of oxazole rings is 1. The number of nitrogens with one attached hydrogen (secondary N) is 2. The van der Waals surface area contributed by atoms with Gasteiger partial charge in [0, 0.05) is 35.5 Å². The number of hydrogen-bond acceptors (Lipinski definition) is 8. The molecule has 0 amide bonds. The molecule has 3 N–H and O–H groups in total. The molecule has 35 heavy (non-hydrogen) atoms. The Kier molecular flexibility index (Phi) is 6.24. The van der Waals surface area contributed by atoms with E-state index in [1.807, 2.05) is 6.07 Å². The third kappa shape index (κ3) is 4.90. The highest BCUT2D eigenvalue weighted by Crippen LogP contribution is 2.33. The first-order chi connectivity index (χ1) is 16.9. The van der Waals surface area contributed by atoms with E-state index in [2.05, 4.69) is 40.9 Å². The highest BCUT2D eigenvalue weighted by Gasteiger charge is 2.20. The molecule has 0 spiro atoms. The molecule has 0 aliphatic carbocycles. The van der Waals surface area contributed by atoms with Crippen LogP contribution in [-0.4, -0.2) is 46.0 Å². The predicted octanol–water partition coefficient (Wildman–Crippen LogP) is 3.91. The highest BCUT2D eigenvalue weighted by molar-refractivity contribution is 9.10. The number of fused-ring (bicyclic) bond motifs is 1. The summed E-state index contributed by atoms with van der Waals surface area (Å²) in [5.74, 6) is 0.827. The SMILES string of the molecule is O=S(=O)(NCCNc1nccc(-c2c(-c3cccc(O)c3)nc3occn23)n1)c1ccc(Br)cc1. The van der Waals surface area contributed by atoms with Gasteiger partial charge in [-0.2, -0.15) is 4.98 Å². The fourth-order valence-electron chi connectivity index (χ4n) is 3.52. The Morgan fingerprint density at radius 2 is 1.89 bits per heavy atom. The number of aromatic hydroxyl groups is 1. The van der Waals surface area contributed by atoms with Crippen LogP contribution in [0, 0.1) is 0 Å². The number of phenols is 1. The number of rotatable bonds is 8. The minimum atomic E-state index is -3.63. The van der Waals surface area contributed by atoms with Crippen LogP contribution >= 0.6 is 15.9 Å². The molecule has 0 radical (unpaired) electrons. The predicted molar refractivity (Wildman–Crippen MR) is 133 cm³/mol. The molecule has 178 valence electrons. The third-order valence-electron chi connectivity index (χ3n) is 5.10. The summed E-state index contributed by atoms with van der Waals surface area (Å²) >= 11 is 3.29. The van der Waals surface area contributed by atoms with E-state index in [1.54, 1.807) is 53.2 Å². The number of imidazole rings is 1. The molecule has 3 aromatic heterocycles. The number of sulfonamides is 1. The van der Waals surface area contributed by atoms with E-state index in [1.165, 1.54) is 18.4 Å². The average molecular weight is 555 g/mol. The normalized spacial score (nSPS) is 11.7. The zero-order valence-electron chi connectivity index (χ0n) is 18.1. The van der Waals surface area contributed by atoms with Gasteiger partial charge in [-0.25, -0.2) is 23.1 Å². The molecule has 0 saturated heterocycles. The van der Waals surface area contributed by atoms with Crippen LogP contribution in [0.4, 0.5) is 5.95 Å². The standard InChI is InChI=1S/C23H19BrN6O4S/c24-16-4-6-18(7-5-16)35(32,33)27-11-10-26-22-25-9-8-19(28-22)21-20(15-2-1-3-17(31)14-15)29-23-30(21)12-13-34-23/h1-9,12-14,27,31H,10-11H2,(H,25,26,28). The second-order valence-corrected chi connectivity index (χ2v) is 10.1. The Hall–Kier alpha value is -3.74. The zero-order valence-corrected chi connectivity index (χ0v) is 20.5. The van der Waals surface area contributed by atoms with Gasteiger partial charge in [0.2, 0.25) is 16.0 Å². The van der Waals surface area contributed by atoms with Crippen molar-refractivity contribution in [1.82, 2.24) is 24.1 Å². The molecule has 0 aliphatic heterocycles. The Balaban J connectivity index is 1.34. The quantitative estimate of drug-likeness (QED) is 0.246. The van der Waals surface area contributed by atoms with E-state index in [0.29, 0.717) is 34.4 Å². The minimum Gasteiger partial charge on any atom is -0.508 e. The number of benzene rings is 2.